The van der Waals surface area contributed by atoms with Crippen LogP contribution in [0.25, 0.3) is 0 Å². The lowest BCUT2D eigenvalue weighted by Gasteiger charge is -2.23. The fourth-order valence-corrected chi connectivity index (χ4v) is 2.30. The summed E-state index contributed by atoms with van der Waals surface area (Å²) < 4.78 is 17.1. The molecule has 118 valence electrons. The van der Waals surface area contributed by atoms with Gasteiger partial charge in [-0.25, -0.2) is 0 Å². The summed E-state index contributed by atoms with van der Waals surface area (Å²) in [6.07, 6.45) is 1.71. The molecule has 0 unspecified atom stereocenters. The number of carbonyl (C=O) groups excluding carboxylic acids is 1. The summed E-state index contributed by atoms with van der Waals surface area (Å²) in [5, 5.41) is 0. The molecule has 22 heavy (non-hydrogen) atoms. The van der Waals surface area contributed by atoms with Gasteiger partial charge in [-0.2, -0.15) is 0 Å². The molecule has 1 aliphatic heterocycles. The molecule has 5 nitrogen and oxygen atoms in total. The summed E-state index contributed by atoms with van der Waals surface area (Å²) in [7, 11) is 0. The molecule has 1 fully saturated rings. The molecule has 1 aliphatic rings. The Morgan fingerprint density at radius 3 is 2.64 bits per heavy atom. The molecule has 0 saturated carbocycles. The summed E-state index contributed by atoms with van der Waals surface area (Å²) in [6.45, 7) is 9.36. The first-order valence-corrected chi connectivity index (χ1v) is 7.06. The molecule has 4 atom stereocenters. The Kier molecular flexibility index (Phi) is 5.13. The van der Waals surface area contributed by atoms with Gasteiger partial charge in [0.05, 0.1) is 6.61 Å². The van der Waals surface area contributed by atoms with Crippen LogP contribution in [0, 0.1) is 0 Å². The van der Waals surface area contributed by atoms with Crippen molar-refractivity contribution in [3.8, 4) is 0 Å². The highest BCUT2D eigenvalue weighted by molar-refractivity contribution is 5.81. The van der Waals surface area contributed by atoms with Crippen LogP contribution in [-0.4, -0.2) is 30.0 Å². The van der Waals surface area contributed by atoms with Crippen LogP contribution in [0.4, 0.5) is 0 Å². The van der Waals surface area contributed by atoms with Crippen LogP contribution in [-0.2, 0) is 25.6 Å². The monoisotopic (exact) mass is 303 g/mol. The zero-order chi connectivity index (χ0) is 16.2. The topological polar surface area (TPSA) is 70.8 Å². The van der Waals surface area contributed by atoms with Crippen molar-refractivity contribution >= 4 is 5.91 Å². The Bertz CT molecular complexity index is 545. The van der Waals surface area contributed by atoms with E-state index in [2.05, 4.69) is 13.2 Å². The van der Waals surface area contributed by atoms with Crippen molar-refractivity contribution in [1.82, 2.24) is 0 Å². The van der Waals surface area contributed by atoms with Gasteiger partial charge in [-0.3, -0.25) is 4.79 Å². The fraction of sp³-hybridized carbons (Fsp3) is 0.353. The Balaban J connectivity index is 2.07. The molecule has 1 amide bonds. The van der Waals surface area contributed by atoms with E-state index < -0.39 is 30.0 Å². The lowest BCUT2D eigenvalue weighted by molar-refractivity contribution is -0.184. The highest BCUT2D eigenvalue weighted by Crippen LogP contribution is 2.32. The molecule has 2 N–H and O–H groups in total. The van der Waals surface area contributed by atoms with Crippen molar-refractivity contribution in [2.45, 2.75) is 37.6 Å². The van der Waals surface area contributed by atoms with Gasteiger partial charge < -0.3 is 19.9 Å². The van der Waals surface area contributed by atoms with Gasteiger partial charge in [0.25, 0.3) is 5.91 Å². The van der Waals surface area contributed by atoms with Gasteiger partial charge in [-0.05, 0) is 12.5 Å². The number of amides is 1. The van der Waals surface area contributed by atoms with E-state index >= 15 is 0 Å². The van der Waals surface area contributed by atoms with Crippen LogP contribution in [0.1, 0.15) is 12.5 Å². The quantitative estimate of drug-likeness (QED) is 0.781. The third kappa shape index (κ3) is 3.44. The lowest BCUT2D eigenvalue weighted by Crippen LogP contribution is -2.43. The van der Waals surface area contributed by atoms with E-state index in [1.165, 1.54) is 6.92 Å². The maximum Gasteiger partial charge on any atom is 0.277 e. The molecule has 0 aromatic heterocycles. The number of primary amides is 1. The average molecular weight is 303 g/mol. The second-order valence-corrected chi connectivity index (χ2v) is 5.21. The second kappa shape index (κ2) is 6.87. The summed E-state index contributed by atoms with van der Waals surface area (Å²) in [6, 6.07) is 9.74. The number of carbonyl (C=O) groups is 1. The van der Waals surface area contributed by atoms with Crippen molar-refractivity contribution in [2.75, 3.05) is 0 Å². The van der Waals surface area contributed by atoms with E-state index in [4.69, 9.17) is 19.9 Å². The first-order chi connectivity index (χ1) is 10.5. The van der Waals surface area contributed by atoms with Crippen molar-refractivity contribution in [3.63, 3.8) is 0 Å². The number of ether oxygens (including phenoxy) is 3. The van der Waals surface area contributed by atoms with Gasteiger partial charge in [-0.15, -0.1) is 13.2 Å². The van der Waals surface area contributed by atoms with Crippen molar-refractivity contribution in [3.05, 3.63) is 61.2 Å². The first kappa shape index (κ1) is 16.4. The summed E-state index contributed by atoms with van der Waals surface area (Å²) in [5.41, 5.74) is 6.36. The molecule has 1 heterocycles. The first-order valence-electron chi connectivity index (χ1n) is 7.06. The SMILES string of the molecule is C=C[C@@H]1O[C@@](C)(C(N)=O)O[C@@H]1[C@@H](C=C)OCc1ccccc1. The van der Waals surface area contributed by atoms with Gasteiger partial charge in [0.15, 0.2) is 0 Å². The molecule has 0 bridgehead atoms. The van der Waals surface area contributed by atoms with E-state index in [1.54, 1.807) is 12.2 Å². The summed E-state index contributed by atoms with van der Waals surface area (Å²) in [4.78, 5) is 11.5. The van der Waals surface area contributed by atoms with Gasteiger partial charge >= 0.3 is 0 Å². The van der Waals surface area contributed by atoms with E-state index in [-0.39, 0.29) is 0 Å². The minimum Gasteiger partial charge on any atom is -0.367 e. The highest BCUT2D eigenvalue weighted by Gasteiger charge is 2.50. The molecule has 1 aromatic rings. The summed E-state index contributed by atoms with van der Waals surface area (Å²) in [5.74, 6) is -2.17. The Labute approximate surface area is 130 Å². The average Bonchev–Trinajstić information content (AvgIpc) is 2.88. The Hall–Kier alpha value is -1.95. The number of benzene rings is 1. The molecule has 0 aliphatic carbocycles. The van der Waals surface area contributed by atoms with Crippen LogP contribution >= 0.6 is 0 Å². The van der Waals surface area contributed by atoms with Gasteiger partial charge in [0.2, 0.25) is 5.79 Å². The zero-order valence-electron chi connectivity index (χ0n) is 12.6. The fourth-order valence-electron chi connectivity index (χ4n) is 2.30. The standard InChI is InChI=1S/C17H21NO4/c1-4-13(20-11-12-9-7-6-8-10-12)15-14(5-2)21-17(3,22-15)16(18)19/h4-10,13-15H,1-2,11H2,3H3,(H2,18,19)/t13-,14+,15-,17-/m1/s1. The third-order valence-electron chi connectivity index (χ3n) is 3.57. The predicted octanol–water partition coefficient (Wildman–Crippen LogP) is 1.93. The second-order valence-electron chi connectivity index (χ2n) is 5.21. The maximum absolute atomic E-state index is 11.5. The smallest absolute Gasteiger partial charge is 0.277 e. The van der Waals surface area contributed by atoms with Gasteiger partial charge in [-0.1, -0.05) is 42.5 Å². The van der Waals surface area contributed by atoms with Crippen molar-refractivity contribution in [2.24, 2.45) is 5.73 Å². The Morgan fingerprint density at radius 1 is 1.41 bits per heavy atom. The van der Waals surface area contributed by atoms with E-state index in [1.807, 2.05) is 30.3 Å². The number of nitrogens with two attached hydrogens (primary N) is 1. The molecular weight excluding hydrogens is 282 g/mol. The Morgan fingerprint density at radius 2 is 2.09 bits per heavy atom. The minimum absolute atomic E-state index is 0.397. The van der Waals surface area contributed by atoms with Crippen LogP contribution < -0.4 is 5.73 Å². The van der Waals surface area contributed by atoms with E-state index in [9.17, 15) is 4.79 Å². The summed E-state index contributed by atoms with van der Waals surface area (Å²) >= 11 is 0. The van der Waals surface area contributed by atoms with Crippen LogP contribution in [0.15, 0.2) is 55.6 Å². The van der Waals surface area contributed by atoms with Crippen molar-refractivity contribution < 1.29 is 19.0 Å². The number of rotatable bonds is 7. The van der Waals surface area contributed by atoms with Crippen molar-refractivity contribution in [1.29, 1.82) is 0 Å². The zero-order valence-corrected chi connectivity index (χ0v) is 12.6. The molecule has 1 aromatic carbocycles. The molecule has 0 spiro atoms. The molecule has 5 heteroatoms. The normalized spacial score (nSPS) is 29.0. The maximum atomic E-state index is 11.5. The van der Waals surface area contributed by atoms with E-state index in [0.29, 0.717) is 6.61 Å². The largest absolute Gasteiger partial charge is 0.367 e. The highest BCUT2D eigenvalue weighted by atomic mass is 16.8. The molecule has 2 rings (SSSR count). The molecule has 0 radical (unpaired) electrons. The number of hydrogen-bond acceptors (Lipinski definition) is 4. The van der Waals surface area contributed by atoms with Gasteiger partial charge in [0.1, 0.15) is 18.3 Å². The van der Waals surface area contributed by atoms with Crippen LogP contribution in [0.2, 0.25) is 0 Å². The van der Waals surface area contributed by atoms with Crippen LogP contribution in [0.5, 0.6) is 0 Å². The lowest BCUT2D eigenvalue weighted by atomic mass is 10.1. The number of hydrogen-bond donors (Lipinski definition) is 1. The minimum atomic E-state index is -1.49. The predicted molar refractivity (Wildman–Crippen MR) is 82.8 cm³/mol. The molecule has 1 saturated heterocycles. The van der Waals surface area contributed by atoms with Gasteiger partial charge in [0, 0.05) is 0 Å². The van der Waals surface area contributed by atoms with E-state index in [0.717, 1.165) is 5.56 Å². The third-order valence-corrected chi connectivity index (χ3v) is 3.57. The van der Waals surface area contributed by atoms with Crippen LogP contribution in [0.3, 0.4) is 0 Å². The molecular formula is C17H21NO4.